The summed E-state index contributed by atoms with van der Waals surface area (Å²) in [5.74, 6) is 3.01. The number of hydrogen-bond donors (Lipinski definition) is 1. The topological polar surface area (TPSA) is 12.0 Å². The van der Waals surface area contributed by atoms with Crippen molar-refractivity contribution in [3.8, 4) is 0 Å². The maximum absolute atomic E-state index is 3.76. The van der Waals surface area contributed by atoms with Crippen molar-refractivity contribution in [3.05, 3.63) is 29.8 Å². The van der Waals surface area contributed by atoms with Gasteiger partial charge in [0.25, 0.3) is 0 Å². The molecule has 0 aliphatic heterocycles. The van der Waals surface area contributed by atoms with Crippen molar-refractivity contribution in [1.82, 2.24) is 5.32 Å². The Morgan fingerprint density at radius 2 is 2.00 bits per heavy atom. The summed E-state index contributed by atoms with van der Waals surface area (Å²) >= 11 is 1.81. The highest BCUT2D eigenvalue weighted by molar-refractivity contribution is 7.98. The molecule has 1 N–H and O–H groups in total. The fourth-order valence-corrected chi connectivity index (χ4v) is 4.49. The fourth-order valence-electron chi connectivity index (χ4n) is 4.08. The van der Waals surface area contributed by atoms with Crippen LogP contribution in [-0.4, -0.2) is 12.3 Å². The zero-order valence-corrected chi connectivity index (χ0v) is 12.9. The molecule has 2 saturated carbocycles. The van der Waals surface area contributed by atoms with Gasteiger partial charge in [0.05, 0.1) is 0 Å². The van der Waals surface area contributed by atoms with Gasteiger partial charge in [-0.2, -0.15) is 0 Å². The second kappa shape index (κ2) is 5.88. The van der Waals surface area contributed by atoms with E-state index in [0.717, 1.165) is 24.3 Å². The molecule has 2 heteroatoms. The summed E-state index contributed by atoms with van der Waals surface area (Å²) in [6.07, 6.45) is 8.11. The van der Waals surface area contributed by atoms with Crippen LogP contribution < -0.4 is 5.32 Å². The largest absolute Gasteiger partial charge is 0.310 e. The van der Waals surface area contributed by atoms with E-state index in [1.54, 1.807) is 0 Å². The molecule has 2 aliphatic carbocycles. The molecule has 2 bridgehead atoms. The van der Waals surface area contributed by atoms with E-state index in [0.29, 0.717) is 6.04 Å². The number of thioether (sulfide) groups is 1. The second-order valence-corrected chi connectivity index (χ2v) is 7.24. The highest BCUT2D eigenvalue weighted by Gasteiger charge is 2.41. The molecule has 104 valence electrons. The van der Waals surface area contributed by atoms with Crippen molar-refractivity contribution in [3.63, 3.8) is 0 Å². The maximum Gasteiger partial charge on any atom is 0.0208 e. The van der Waals surface area contributed by atoms with Gasteiger partial charge in [-0.1, -0.05) is 18.6 Å². The summed E-state index contributed by atoms with van der Waals surface area (Å²) in [6, 6.07) is 9.64. The Morgan fingerprint density at radius 3 is 2.58 bits per heavy atom. The van der Waals surface area contributed by atoms with Gasteiger partial charge in [-0.3, -0.25) is 0 Å². The maximum atomic E-state index is 3.76. The molecule has 1 aromatic carbocycles. The summed E-state index contributed by atoms with van der Waals surface area (Å²) < 4.78 is 0. The first-order valence-electron chi connectivity index (χ1n) is 7.62. The monoisotopic (exact) mass is 275 g/mol. The van der Waals surface area contributed by atoms with E-state index < -0.39 is 0 Å². The lowest BCUT2D eigenvalue weighted by molar-refractivity contribution is 0.259. The van der Waals surface area contributed by atoms with E-state index in [4.69, 9.17) is 0 Å². The van der Waals surface area contributed by atoms with Crippen LogP contribution in [0.2, 0.25) is 0 Å². The molecule has 3 rings (SSSR count). The van der Waals surface area contributed by atoms with Crippen molar-refractivity contribution >= 4 is 11.8 Å². The molecule has 4 atom stereocenters. The lowest BCUT2D eigenvalue weighted by atomic mass is 9.84. The number of rotatable bonds is 5. The van der Waals surface area contributed by atoms with E-state index in [-0.39, 0.29) is 0 Å². The van der Waals surface area contributed by atoms with E-state index in [1.807, 2.05) is 11.8 Å². The lowest BCUT2D eigenvalue weighted by Gasteiger charge is -2.28. The van der Waals surface area contributed by atoms with Crippen LogP contribution in [0.1, 0.15) is 38.2 Å². The first-order chi connectivity index (χ1) is 9.26. The standard InChI is InChI=1S/C17H25NS/c1-12(17-10-14-3-6-15(17)9-14)18-11-13-4-7-16(19-2)8-5-13/h4-5,7-8,12,14-15,17-18H,3,6,9-11H2,1-2H3/t12-,14-,15-,17-/m1/s1. The molecular formula is C17H25NS. The summed E-state index contributed by atoms with van der Waals surface area (Å²) in [4.78, 5) is 1.35. The van der Waals surface area contributed by atoms with Crippen LogP contribution in [0.5, 0.6) is 0 Å². The molecule has 0 aromatic heterocycles. The van der Waals surface area contributed by atoms with E-state index in [9.17, 15) is 0 Å². The van der Waals surface area contributed by atoms with Crippen LogP contribution in [0.15, 0.2) is 29.2 Å². The zero-order chi connectivity index (χ0) is 13.2. The predicted octanol–water partition coefficient (Wildman–Crippen LogP) is 4.32. The Bertz CT molecular complexity index is 414. The molecular weight excluding hydrogens is 250 g/mol. The molecule has 2 aliphatic rings. The van der Waals surface area contributed by atoms with Crippen LogP contribution in [0.4, 0.5) is 0 Å². The third kappa shape index (κ3) is 3.00. The van der Waals surface area contributed by atoms with Crippen LogP contribution in [0.25, 0.3) is 0 Å². The van der Waals surface area contributed by atoms with Gasteiger partial charge in [0, 0.05) is 17.5 Å². The van der Waals surface area contributed by atoms with Crippen molar-refractivity contribution in [2.45, 2.75) is 50.1 Å². The fraction of sp³-hybridized carbons (Fsp3) is 0.647. The van der Waals surface area contributed by atoms with Gasteiger partial charge in [-0.25, -0.2) is 0 Å². The smallest absolute Gasteiger partial charge is 0.0208 e. The number of hydrogen-bond acceptors (Lipinski definition) is 2. The van der Waals surface area contributed by atoms with Crippen molar-refractivity contribution in [1.29, 1.82) is 0 Å². The highest BCUT2D eigenvalue weighted by Crippen LogP contribution is 2.49. The Morgan fingerprint density at radius 1 is 1.21 bits per heavy atom. The third-order valence-electron chi connectivity index (χ3n) is 5.22. The average molecular weight is 275 g/mol. The van der Waals surface area contributed by atoms with Gasteiger partial charge in [-0.05, 0) is 67.9 Å². The van der Waals surface area contributed by atoms with Crippen LogP contribution in [0, 0.1) is 17.8 Å². The third-order valence-corrected chi connectivity index (χ3v) is 5.97. The van der Waals surface area contributed by atoms with Gasteiger partial charge in [0.1, 0.15) is 0 Å². The minimum absolute atomic E-state index is 0.676. The Hall–Kier alpha value is -0.470. The molecule has 0 saturated heterocycles. The van der Waals surface area contributed by atoms with Crippen molar-refractivity contribution in [2.75, 3.05) is 6.26 Å². The van der Waals surface area contributed by atoms with E-state index >= 15 is 0 Å². The molecule has 0 heterocycles. The Balaban J connectivity index is 1.51. The van der Waals surface area contributed by atoms with Gasteiger partial charge in [0.2, 0.25) is 0 Å². The van der Waals surface area contributed by atoms with E-state index in [1.165, 1.54) is 36.1 Å². The van der Waals surface area contributed by atoms with Gasteiger partial charge >= 0.3 is 0 Å². The lowest BCUT2D eigenvalue weighted by Crippen LogP contribution is -2.35. The Labute approximate surface area is 121 Å². The molecule has 0 spiro atoms. The van der Waals surface area contributed by atoms with Crippen LogP contribution in [0.3, 0.4) is 0 Å². The van der Waals surface area contributed by atoms with E-state index in [2.05, 4.69) is 42.8 Å². The molecule has 19 heavy (non-hydrogen) atoms. The quantitative estimate of drug-likeness (QED) is 0.803. The first kappa shape index (κ1) is 13.5. The molecule has 0 unspecified atom stereocenters. The molecule has 2 fully saturated rings. The number of fused-ring (bicyclic) bond motifs is 2. The molecule has 1 nitrogen and oxygen atoms in total. The minimum atomic E-state index is 0.676. The van der Waals surface area contributed by atoms with Gasteiger partial charge < -0.3 is 5.32 Å². The highest BCUT2D eigenvalue weighted by atomic mass is 32.2. The van der Waals surface area contributed by atoms with Crippen molar-refractivity contribution in [2.24, 2.45) is 17.8 Å². The van der Waals surface area contributed by atoms with Gasteiger partial charge in [-0.15, -0.1) is 11.8 Å². The predicted molar refractivity (Wildman–Crippen MR) is 83.5 cm³/mol. The number of benzene rings is 1. The van der Waals surface area contributed by atoms with Crippen LogP contribution in [-0.2, 0) is 6.54 Å². The van der Waals surface area contributed by atoms with Crippen molar-refractivity contribution < 1.29 is 0 Å². The molecule has 0 radical (unpaired) electrons. The molecule has 1 aromatic rings. The summed E-state index contributed by atoms with van der Waals surface area (Å²) in [5.41, 5.74) is 1.41. The number of nitrogens with one attached hydrogen (secondary N) is 1. The molecule has 0 amide bonds. The van der Waals surface area contributed by atoms with Crippen LogP contribution >= 0.6 is 11.8 Å². The average Bonchev–Trinajstić information content (AvgIpc) is 3.08. The normalized spacial score (nSPS) is 30.7. The summed E-state index contributed by atoms with van der Waals surface area (Å²) in [5, 5.41) is 3.76. The summed E-state index contributed by atoms with van der Waals surface area (Å²) in [7, 11) is 0. The summed E-state index contributed by atoms with van der Waals surface area (Å²) in [6.45, 7) is 3.41. The minimum Gasteiger partial charge on any atom is -0.310 e. The zero-order valence-electron chi connectivity index (χ0n) is 12.1. The SMILES string of the molecule is CSc1ccc(CN[C@H](C)[C@H]2C[C@@H]3CC[C@@H]2C3)cc1. The Kier molecular flexibility index (Phi) is 4.18. The first-order valence-corrected chi connectivity index (χ1v) is 8.85. The van der Waals surface area contributed by atoms with Gasteiger partial charge in [0.15, 0.2) is 0 Å². The second-order valence-electron chi connectivity index (χ2n) is 6.36.